The minimum atomic E-state index is -0.245. The van der Waals surface area contributed by atoms with Crippen molar-refractivity contribution in [2.24, 2.45) is 11.0 Å². The molecule has 1 amide bonds. The topological polar surface area (TPSA) is 66.2 Å². The van der Waals surface area contributed by atoms with Crippen LogP contribution in [0.1, 0.15) is 44.9 Å². The van der Waals surface area contributed by atoms with Gasteiger partial charge in [0.05, 0.1) is 18.4 Å². The highest BCUT2D eigenvalue weighted by atomic mass is 35.5. The van der Waals surface area contributed by atoms with Gasteiger partial charge < -0.3 is 19.7 Å². The van der Waals surface area contributed by atoms with Gasteiger partial charge in [-0.1, -0.05) is 29.8 Å². The van der Waals surface area contributed by atoms with Gasteiger partial charge in [-0.25, -0.2) is 4.79 Å². The Morgan fingerprint density at radius 1 is 1.15 bits per heavy atom. The van der Waals surface area contributed by atoms with Crippen molar-refractivity contribution >= 4 is 35.1 Å². The SMILES string of the molecule is CO[C@@H]1CCOC[C@@H]1CNC1=C(Cl)C(=O)[N+](=C2CCC(N(c3ccccc3)C3CC3)CC2)N=C1. The van der Waals surface area contributed by atoms with Crippen molar-refractivity contribution < 1.29 is 19.0 Å². The first-order valence-corrected chi connectivity index (χ1v) is 12.8. The molecule has 7 nitrogen and oxygen atoms in total. The molecule has 5 rings (SSSR count). The highest BCUT2D eigenvalue weighted by Gasteiger charge is 2.39. The molecule has 1 aromatic rings. The third kappa shape index (κ3) is 5.07. The lowest BCUT2D eigenvalue weighted by atomic mass is 9.91. The van der Waals surface area contributed by atoms with Crippen molar-refractivity contribution in [2.45, 2.75) is 63.1 Å². The number of hydrazone groups is 1. The Hall–Kier alpha value is -2.22. The van der Waals surface area contributed by atoms with Crippen LogP contribution in [0, 0.1) is 5.92 Å². The maximum atomic E-state index is 13.1. The molecule has 2 heterocycles. The highest BCUT2D eigenvalue weighted by molar-refractivity contribution is 6.43. The summed E-state index contributed by atoms with van der Waals surface area (Å²) in [5.41, 5.74) is 2.94. The fraction of sp³-hybridized carbons (Fsp3) is 0.577. The van der Waals surface area contributed by atoms with Crippen LogP contribution in [0.4, 0.5) is 5.69 Å². The molecule has 3 fully saturated rings. The predicted molar refractivity (Wildman–Crippen MR) is 134 cm³/mol. The summed E-state index contributed by atoms with van der Waals surface area (Å²) in [6.45, 7) is 1.97. The van der Waals surface area contributed by atoms with Crippen molar-refractivity contribution in [3.63, 3.8) is 0 Å². The van der Waals surface area contributed by atoms with Crippen LogP contribution in [-0.2, 0) is 14.3 Å². The molecule has 8 heteroatoms. The van der Waals surface area contributed by atoms with Crippen LogP contribution in [-0.4, -0.2) is 67.6 Å². The average Bonchev–Trinajstić information content (AvgIpc) is 3.72. The number of hydrogen-bond acceptors (Lipinski definition) is 6. The number of halogens is 1. The lowest BCUT2D eigenvalue weighted by Gasteiger charge is -2.36. The summed E-state index contributed by atoms with van der Waals surface area (Å²) in [5, 5.41) is 7.97. The summed E-state index contributed by atoms with van der Waals surface area (Å²) in [4.78, 5) is 15.7. The maximum absolute atomic E-state index is 13.1. The zero-order valence-corrected chi connectivity index (χ0v) is 20.5. The average molecular weight is 486 g/mol. The van der Waals surface area contributed by atoms with Gasteiger partial charge >= 0.3 is 5.91 Å². The van der Waals surface area contributed by atoms with Crippen LogP contribution in [0.5, 0.6) is 0 Å². The Kier molecular flexibility index (Phi) is 7.32. The molecular formula is C26H34ClN4O3+. The van der Waals surface area contributed by atoms with Crippen molar-refractivity contribution in [3.8, 4) is 0 Å². The van der Waals surface area contributed by atoms with E-state index in [1.54, 1.807) is 13.3 Å². The standard InChI is InChI=1S/C26H33ClN4O3/c1-33-24-13-14-34-17-18(24)15-28-23-16-29-31(26(32)25(23)27)22-11-9-21(10-12-22)30(20-7-8-20)19-5-3-2-4-6-19/h2-6,16,18,20-21,24H,7-15,17H2,1H3/p+1/t18-,21?,24+/m0/s1. The Morgan fingerprint density at radius 3 is 2.59 bits per heavy atom. The van der Waals surface area contributed by atoms with Crippen LogP contribution in [0.2, 0.25) is 0 Å². The van der Waals surface area contributed by atoms with E-state index in [0.29, 0.717) is 30.9 Å². The number of nitrogens with one attached hydrogen (secondary N) is 1. The van der Waals surface area contributed by atoms with Crippen LogP contribution in [0.3, 0.4) is 0 Å². The van der Waals surface area contributed by atoms with E-state index in [1.807, 2.05) is 0 Å². The second-order valence-corrected chi connectivity index (χ2v) is 10.0. The number of amides is 1. The number of hydrogen-bond donors (Lipinski definition) is 1. The number of benzene rings is 1. The van der Waals surface area contributed by atoms with Crippen molar-refractivity contribution in [1.29, 1.82) is 0 Å². The number of para-hydroxylation sites is 1. The quantitative estimate of drug-likeness (QED) is 0.597. The van der Waals surface area contributed by atoms with Crippen LogP contribution >= 0.6 is 11.6 Å². The number of carbonyl (C=O) groups excluding carboxylic acids is 1. The van der Waals surface area contributed by atoms with Crippen LogP contribution in [0.25, 0.3) is 0 Å². The van der Waals surface area contributed by atoms with E-state index in [0.717, 1.165) is 44.4 Å². The molecule has 4 aliphatic rings. The first-order valence-electron chi connectivity index (χ1n) is 12.5. The van der Waals surface area contributed by atoms with Crippen molar-refractivity contribution in [2.75, 3.05) is 31.8 Å². The molecule has 182 valence electrons. The molecule has 0 aromatic heterocycles. The van der Waals surface area contributed by atoms with E-state index in [1.165, 1.54) is 23.2 Å². The molecule has 1 saturated heterocycles. The molecule has 2 saturated carbocycles. The highest BCUT2D eigenvalue weighted by Crippen LogP contribution is 2.37. The molecule has 0 radical (unpaired) electrons. The van der Waals surface area contributed by atoms with Crippen LogP contribution in [0.15, 0.2) is 46.2 Å². The number of carbonyl (C=O) groups is 1. The van der Waals surface area contributed by atoms with E-state index >= 15 is 0 Å². The van der Waals surface area contributed by atoms with Gasteiger partial charge in [0.25, 0.3) is 0 Å². The Balaban J connectivity index is 1.22. The smallest absolute Gasteiger partial charge is 0.382 e. The minimum absolute atomic E-state index is 0.144. The number of methoxy groups -OCH3 is 1. The molecule has 1 aromatic carbocycles. The molecule has 0 unspecified atom stereocenters. The van der Waals surface area contributed by atoms with Gasteiger partial charge in [0.15, 0.2) is 10.7 Å². The second kappa shape index (κ2) is 10.6. The second-order valence-electron chi connectivity index (χ2n) is 9.64. The number of ether oxygens (including phenoxy) is 2. The largest absolute Gasteiger partial charge is 0.463 e. The van der Waals surface area contributed by atoms with Gasteiger partial charge in [-0.2, -0.15) is 0 Å². The van der Waals surface area contributed by atoms with E-state index < -0.39 is 0 Å². The molecule has 0 spiro atoms. The van der Waals surface area contributed by atoms with E-state index in [9.17, 15) is 4.79 Å². The lowest BCUT2D eigenvalue weighted by molar-refractivity contribution is -0.452. The fourth-order valence-electron chi connectivity index (χ4n) is 5.40. The van der Waals surface area contributed by atoms with E-state index in [4.69, 9.17) is 21.1 Å². The summed E-state index contributed by atoms with van der Waals surface area (Å²) in [6.07, 6.45) is 8.98. The minimum Gasteiger partial charge on any atom is -0.382 e. The van der Waals surface area contributed by atoms with Gasteiger partial charge in [-0.15, -0.1) is 0 Å². The molecule has 34 heavy (non-hydrogen) atoms. The van der Waals surface area contributed by atoms with Gasteiger partial charge in [-0.05, 0) is 48.9 Å². The number of rotatable bonds is 7. The van der Waals surface area contributed by atoms with E-state index in [-0.39, 0.29) is 23.0 Å². The van der Waals surface area contributed by atoms with Crippen molar-refractivity contribution in [3.05, 3.63) is 41.1 Å². The Labute approximate surface area is 206 Å². The van der Waals surface area contributed by atoms with E-state index in [2.05, 4.69) is 45.6 Å². The van der Waals surface area contributed by atoms with Crippen LogP contribution < -0.4 is 10.2 Å². The summed E-state index contributed by atoms with van der Waals surface area (Å²) >= 11 is 6.49. The van der Waals surface area contributed by atoms with Crippen molar-refractivity contribution in [1.82, 2.24) is 5.32 Å². The molecule has 2 aliphatic heterocycles. The molecule has 2 aliphatic carbocycles. The first kappa shape index (κ1) is 23.5. The summed E-state index contributed by atoms with van der Waals surface area (Å²) < 4.78 is 12.7. The van der Waals surface area contributed by atoms with Gasteiger partial charge in [0.1, 0.15) is 6.21 Å². The molecule has 2 atom stereocenters. The molecule has 1 N–H and O–H groups in total. The zero-order chi connectivity index (χ0) is 23.5. The lowest BCUT2D eigenvalue weighted by Crippen LogP contribution is -2.42. The number of nitrogens with zero attached hydrogens (tertiary/aromatic N) is 3. The third-order valence-electron chi connectivity index (χ3n) is 7.40. The predicted octanol–water partition coefficient (Wildman–Crippen LogP) is 3.67. The first-order chi connectivity index (χ1) is 16.7. The number of anilines is 1. The summed E-state index contributed by atoms with van der Waals surface area (Å²) in [6, 6.07) is 11.9. The maximum Gasteiger partial charge on any atom is 0.463 e. The van der Waals surface area contributed by atoms with Gasteiger partial charge in [0.2, 0.25) is 0 Å². The molecular weight excluding hydrogens is 452 g/mol. The van der Waals surface area contributed by atoms with Gasteiger partial charge in [0, 0.05) is 61.9 Å². The number of allylic oxidation sites excluding steroid dienone is 1. The monoisotopic (exact) mass is 485 g/mol. The third-order valence-corrected chi connectivity index (χ3v) is 7.77. The molecule has 0 bridgehead atoms. The van der Waals surface area contributed by atoms with Gasteiger partial charge in [-0.3, -0.25) is 0 Å². The zero-order valence-electron chi connectivity index (χ0n) is 19.8. The Bertz CT molecular complexity index is 979. The fourth-order valence-corrected chi connectivity index (χ4v) is 5.59. The Morgan fingerprint density at radius 2 is 1.88 bits per heavy atom. The summed E-state index contributed by atoms with van der Waals surface area (Å²) in [7, 11) is 1.73. The normalized spacial score (nSPS) is 27.8. The summed E-state index contributed by atoms with van der Waals surface area (Å²) in [5.74, 6) is -0.0358.